The summed E-state index contributed by atoms with van der Waals surface area (Å²) >= 11 is 0. The lowest BCUT2D eigenvalue weighted by molar-refractivity contribution is -0.122. The molecule has 0 aromatic carbocycles. The van der Waals surface area contributed by atoms with E-state index >= 15 is 0 Å². The molecule has 0 aliphatic heterocycles. The third-order valence-electron chi connectivity index (χ3n) is 4.54. The molecular formula is C18H21N5O3. The Hall–Kier alpha value is -2.90. The number of hydrogen-bond donors (Lipinski definition) is 1. The van der Waals surface area contributed by atoms with Crippen molar-refractivity contribution in [3.8, 4) is 23.0 Å². The van der Waals surface area contributed by atoms with Crippen molar-refractivity contribution in [2.45, 2.75) is 51.6 Å². The van der Waals surface area contributed by atoms with Crippen molar-refractivity contribution in [2.75, 3.05) is 0 Å². The van der Waals surface area contributed by atoms with Gasteiger partial charge < -0.3 is 14.3 Å². The van der Waals surface area contributed by atoms with Crippen LogP contribution in [0.25, 0.3) is 23.0 Å². The highest BCUT2D eigenvalue weighted by atomic mass is 16.5. The third-order valence-corrected chi connectivity index (χ3v) is 4.54. The molecule has 1 saturated carbocycles. The number of carbonyl (C=O) groups excluding carboxylic acids is 1. The Labute approximate surface area is 150 Å². The Kier molecular flexibility index (Phi) is 4.55. The molecule has 1 fully saturated rings. The average Bonchev–Trinajstić information content (AvgIpc) is 3.35. The maximum absolute atomic E-state index is 12.2. The quantitative estimate of drug-likeness (QED) is 0.755. The summed E-state index contributed by atoms with van der Waals surface area (Å²) < 4.78 is 12.3. The molecule has 136 valence electrons. The monoisotopic (exact) mass is 355 g/mol. The molecule has 1 amide bonds. The van der Waals surface area contributed by atoms with Crippen LogP contribution in [0.2, 0.25) is 0 Å². The van der Waals surface area contributed by atoms with Gasteiger partial charge in [0, 0.05) is 12.2 Å². The summed E-state index contributed by atoms with van der Waals surface area (Å²) in [6, 6.07) is 3.93. The minimum atomic E-state index is -0.0242. The number of nitrogens with zero attached hydrogens (tertiary/aromatic N) is 4. The highest BCUT2D eigenvalue weighted by molar-refractivity contribution is 5.76. The molecule has 0 saturated heterocycles. The molecule has 26 heavy (non-hydrogen) atoms. The van der Waals surface area contributed by atoms with E-state index in [0.717, 1.165) is 18.6 Å². The molecule has 0 spiro atoms. The van der Waals surface area contributed by atoms with E-state index in [4.69, 9.17) is 8.94 Å². The number of rotatable bonds is 5. The van der Waals surface area contributed by atoms with Crippen LogP contribution in [-0.4, -0.2) is 31.9 Å². The third kappa shape index (κ3) is 3.68. The van der Waals surface area contributed by atoms with Gasteiger partial charge in [0.2, 0.25) is 11.7 Å². The molecule has 1 aliphatic carbocycles. The van der Waals surface area contributed by atoms with Crippen molar-refractivity contribution in [2.24, 2.45) is 0 Å². The Balaban J connectivity index is 1.40. The van der Waals surface area contributed by atoms with Crippen LogP contribution in [0.3, 0.4) is 0 Å². The molecule has 0 radical (unpaired) electrons. The Morgan fingerprint density at radius 2 is 2.15 bits per heavy atom. The SMILES string of the molecule is Cc1ccc(-c2noc(-c3cnn(CC(=O)NC4CCCCC4)c3)n2)o1. The fraction of sp³-hybridized carbons (Fsp3) is 0.444. The van der Waals surface area contributed by atoms with Gasteiger partial charge in [0.15, 0.2) is 5.76 Å². The lowest BCUT2D eigenvalue weighted by atomic mass is 9.95. The Bertz CT molecular complexity index is 888. The van der Waals surface area contributed by atoms with E-state index in [0.29, 0.717) is 29.1 Å². The van der Waals surface area contributed by atoms with Gasteiger partial charge in [-0.05, 0) is 31.9 Å². The summed E-state index contributed by atoms with van der Waals surface area (Å²) in [6.07, 6.45) is 9.10. The summed E-state index contributed by atoms with van der Waals surface area (Å²) in [5.41, 5.74) is 0.664. The molecule has 8 nitrogen and oxygen atoms in total. The van der Waals surface area contributed by atoms with Crippen LogP contribution in [0, 0.1) is 6.92 Å². The summed E-state index contributed by atoms with van der Waals surface area (Å²) in [6.45, 7) is 2.03. The predicted molar refractivity (Wildman–Crippen MR) is 93.0 cm³/mol. The van der Waals surface area contributed by atoms with E-state index in [1.54, 1.807) is 23.1 Å². The lowest BCUT2D eigenvalue weighted by Gasteiger charge is -2.22. The second kappa shape index (κ2) is 7.15. The molecule has 3 aromatic heterocycles. The predicted octanol–water partition coefficient (Wildman–Crippen LogP) is 2.95. The van der Waals surface area contributed by atoms with Gasteiger partial charge in [-0.3, -0.25) is 9.48 Å². The van der Waals surface area contributed by atoms with Gasteiger partial charge in [0.25, 0.3) is 5.89 Å². The zero-order valence-electron chi connectivity index (χ0n) is 14.6. The van der Waals surface area contributed by atoms with E-state index in [1.807, 2.05) is 13.0 Å². The molecular weight excluding hydrogens is 334 g/mol. The molecule has 3 aromatic rings. The summed E-state index contributed by atoms with van der Waals surface area (Å²) in [4.78, 5) is 16.5. The first-order valence-corrected chi connectivity index (χ1v) is 8.90. The minimum absolute atomic E-state index is 0.0242. The average molecular weight is 355 g/mol. The Morgan fingerprint density at radius 1 is 1.31 bits per heavy atom. The van der Waals surface area contributed by atoms with Gasteiger partial charge in [-0.15, -0.1) is 0 Å². The second-order valence-electron chi connectivity index (χ2n) is 6.66. The maximum Gasteiger partial charge on any atom is 0.261 e. The topological polar surface area (TPSA) is 99.0 Å². The largest absolute Gasteiger partial charge is 0.458 e. The number of amides is 1. The maximum atomic E-state index is 12.2. The van der Waals surface area contributed by atoms with Crippen molar-refractivity contribution in [1.29, 1.82) is 0 Å². The van der Waals surface area contributed by atoms with Crippen LogP contribution >= 0.6 is 0 Å². The lowest BCUT2D eigenvalue weighted by Crippen LogP contribution is -2.38. The van der Waals surface area contributed by atoms with Crippen LogP contribution < -0.4 is 5.32 Å². The first kappa shape index (κ1) is 16.6. The fourth-order valence-electron chi connectivity index (χ4n) is 3.22. The van der Waals surface area contributed by atoms with E-state index < -0.39 is 0 Å². The highest BCUT2D eigenvalue weighted by Gasteiger charge is 2.18. The van der Waals surface area contributed by atoms with Crippen LogP contribution in [0.1, 0.15) is 37.9 Å². The number of furan rings is 1. The zero-order valence-corrected chi connectivity index (χ0v) is 14.6. The van der Waals surface area contributed by atoms with Crippen LogP contribution in [0.4, 0.5) is 0 Å². The molecule has 4 rings (SSSR count). The van der Waals surface area contributed by atoms with Gasteiger partial charge in [-0.25, -0.2) is 0 Å². The van der Waals surface area contributed by atoms with Crippen LogP contribution in [0.5, 0.6) is 0 Å². The van der Waals surface area contributed by atoms with Gasteiger partial charge >= 0.3 is 0 Å². The normalized spacial score (nSPS) is 15.3. The summed E-state index contributed by atoms with van der Waals surface area (Å²) in [7, 11) is 0. The summed E-state index contributed by atoms with van der Waals surface area (Å²) in [5, 5.41) is 11.2. The number of carbonyl (C=O) groups is 1. The van der Waals surface area contributed by atoms with Crippen molar-refractivity contribution in [3.63, 3.8) is 0 Å². The molecule has 0 unspecified atom stereocenters. The van der Waals surface area contributed by atoms with Crippen molar-refractivity contribution >= 4 is 5.91 Å². The molecule has 0 atom stereocenters. The Morgan fingerprint density at radius 3 is 2.92 bits per heavy atom. The first-order chi connectivity index (χ1) is 12.7. The highest BCUT2D eigenvalue weighted by Crippen LogP contribution is 2.23. The second-order valence-corrected chi connectivity index (χ2v) is 6.66. The van der Waals surface area contributed by atoms with E-state index in [1.165, 1.54) is 19.3 Å². The molecule has 3 heterocycles. The van der Waals surface area contributed by atoms with E-state index in [2.05, 4.69) is 20.6 Å². The molecule has 0 bridgehead atoms. The van der Waals surface area contributed by atoms with Crippen molar-refractivity contribution < 1.29 is 13.7 Å². The minimum Gasteiger partial charge on any atom is -0.458 e. The van der Waals surface area contributed by atoms with Crippen molar-refractivity contribution in [3.05, 3.63) is 30.3 Å². The zero-order chi connectivity index (χ0) is 17.9. The number of nitrogens with one attached hydrogen (secondary N) is 1. The van der Waals surface area contributed by atoms with Crippen LogP contribution in [-0.2, 0) is 11.3 Å². The fourth-order valence-corrected chi connectivity index (χ4v) is 3.22. The van der Waals surface area contributed by atoms with Gasteiger partial charge in [-0.1, -0.05) is 24.4 Å². The first-order valence-electron chi connectivity index (χ1n) is 8.90. The number of aromatic nitrogens is 4. The molecule has 1 N–H and O–H groups in total. The van der Waals surface area contributed by atoms with Gasteiger partial charge in [-0.2, -0.15) is 10.1 Å². The number of aryl methyl sites for hydroxylation is 1. The number of hydrogen-bond acceptors (Lipinski definition) is 6. The van der Waals surface area contributed by atoms with Gasteiger partial charge in [0.05, 0.1) is 11.8 Å². The van der Waals surface area contributed by atoms with Gasteiger partial charge in [0.1, 0.15) is 12.3 Å². The van der Waals surface area contributed by atoms with E-state index in [-0.39, 0.29) is 12.5 Å². The van der Waals surface area contributed by atoms with E-state index in [9.17, 15) is 4.79 Å². The molecule has 8 heteroatoms. The summed E-state index contributed by atoms with van der Waals surface area (Å²) in [5.74, 6) is 2.03. The van der Waals surface area contributed by atoms with Crippen molar-refractivity contribution in [1.82, 2.24) is 25.2 Å². The van der Waals surface area contributed by atoms with Crippen LogP contribution in [0.15, 0.2) is 33.5 Å². The smallest absolute Gasteiger partial charge is 0.261 e. The molecule has 1 aliphatic rings. The standard InChI is InChI=1S/C18H21N5O3/c1-12-7-8-15(25-12)17-21-18(26-22-17)13-9-19-23(10-13)11-16(24)20-14-5-3-2-4-6-14/h7-10,14H,2-6,11H2,1H3,(H,20,24).